The maximum atomic E-state index is 12.9. The summed E-state index contributed by atoms with van der Waals surface area (Å²) in [4.78, 5) is 31.2. The number of rotatable bonds is 8. The molecule has 1 N–H and O–H groups in total. The van der Waals surface area contributed by atoms with Crippen molar-refractivity contribution >= 4 is 49.6 Å². The maximum absolute atomic E-state index is 12.9. The van der Waals surface area contributed by atoms with Crippen molar-refractivity contribution in [2.24, 2.45) is 5.10 Å². The topological polar surface area (TPSA) is 94.8 Å². The van der Waals surface area contributed by atoms with E-state index in [0.29, 0.717) is 38.4 Å². The van der Waals surface area contributed by atoms with Gasteiger partial charge < -0.3 is 9.47 Å². The molecule has 174 valence electrons. The molecule has 0 spiro atoms. The van der Waals surface area contributed by atoms with Crippen molar-refractivity contribution in [1.29, 1.82) is 0 Å². The van der Waals surface area contributed by atoms with E-state index in [-0.39, 0.29) is 12.1 Å². The van der Waals surface area contributed by atoms with Crippen molar-refractivity contribution in [3.8, 4) is 21.9 Å². The van der Waals surface area contributed by atoms with Crippen molar-refractivity contribution in [2.45, 2.75) is 13.5 Å². The summed E-state index contributed by atoms with van der Waals surface area (Å²) >= 11 is 4.89. The van der Waals surface area contributed by atoms with E-state index in [1.807, 2.05) is 43.3 Å². The first-order valence-electron chi connectivity index (χ1n) is 10.4. The number of nitrogens with one attached hydrogen (secondary N) is 1. The molecule has 2 aromatic carbocycles. The second-order valence-electron chi connectivity index (χ2n) is 7.13. The second-order valence-corrected chi connectivity index (χ2v) is 9.02. The van der Waals surface area contributed by atoms with Gasteiger partial charge >= 0.3 is 0 Å². The molecule has 4 rings (SSSR count). The van der Waals surface area contributed by atoms with Crippen molar-refractivity contribution in [3.05, 3.63) is 75.2 Å². The molecule has 0 radical (unpaired) electrons. The molecule has 0 aliphatic heterocycles. The molecule has 0 aliphatic rings. The lowest BCUT2D eigenvalue weighted by Gasteiger charge is -2.12. The molecule has 0 unspecified atom stereocenters. The van der Waals surface area contributed by atoms with Crippen molar-refractivity contribution in [2.75, 3.05) is 13.7 Å². The highest BCUT2D eigenvalue weighted by Crippen LogP contribution is 2.36. The number of ether oxygens (including phenoxy) is 2. The number of aromatic nitrogens is 2. The van der Waals surface area contributed by atoms with Crippen LogP contribution >= 0.6 is 27.3 Å². The third kappa shape index (κ3) is 5.18. The summed E-state index contributed by atoms with van der Waals surface area (Å²) in [7, 11) is 1.55. The van der Waals surface area contributed by atoms with Gasteiger partial charge in [-0.3, -0.25) is 14.2 Å². The van der Waals surface area contributed by atoms with Crippen LogP contribution in [-0.2, 0) is 11.3 Å². The molecule has 2 heterocycles. The van der Waals surface area contributed by atoms with Crippen LogP contribution in [0, 0.1) is 0 Å². The minimum Gasteiger partial charge on any atom is -0.493 e. The molecule has 0 saturated carbocycles. The van der Waals surface area contributed by atoms with Crippen molar-refractivity contribution in [1.82, 2.24) is 15.0 Å². The monoisotopic (exact) mass is 540 g/mol. The van der Waals surface area contributed by atoms with Gasteiger partial charge in [0.2, 0.25) is 0 Å². The fourth-order valence-electron chi connectivity index (χ4n) is 3.28. The fourth-order valence-corrected chi connectivity index (χ4v) is 4.85. The summed E-state index contributed by atoms with van der Waals surface area (Å²) in [5, 5.41) is 4.47. The van der Waals surface area contributed by atoms with E-state index in [9.17, 15) is 9.59 Å². The number of hydrogen-bond donors (Lipinski definition) is 1. The average molecular weight is 541 g/mol. The summed E-state index contributed by atoms with van der Waals surface area (Å²) in [5.41, 5.74) is 3.87. The first-order valence-corrected chi connectivity index (χ1v) is 12.0. The minimum absolute atomic E-state index is 0.202. The molecule has 2 aromatic heterocycles. The molecule has 0 fully saturated rings. The Morgan fingerprint density at radius 1 is 1.26 bits per heavy atom. The Kier molecular flexibility index (Phi) is 7.39. The summed E-state index contributed by atoms with van der Waals surface area (Å²) in [6.45, 7) is 2.18. The van der Waals surface area contributed by atoms with Crippen LogP contribution in [0.1, 0.15) is 12.5 Å². The number of hydrazone groups is 1. The van der Waals surface area contributed by atoms with E-state index in [0.717, 1.165) is 10.4 Å². The van der Waals surface area contributed by atoms with Gasteiger partial charge in [-0.2, -0.15) is 5.10 Å². The number of nitrogens with zero attached hydrogens (tertiary/aromatic N) is 3. The van der Waals surface area contributed by atoms with Gasteiger partial charge in [0.25, 0.3) is 11.5 Å². The Labute approximate surface area is 208 Å². The lowest BCUT2D eigenvalue weighted by Crippen LogP contribution is -2.29. The Hall–Kier alpha value is -3.50. The number of amides is 1. The van der Waals surface area contributed by atoms with Gasteiger partial charge in [-0.05, 0) is 52.2 Å². The van der Waals surface area contributed by atoms with E-state index < -0.39 is 5.91 Å². The number of hydrogen-bond acceptors (Lipinski definition) is 7. The van der Waals surface area contributed by atoms with Crippen LogP contribution in [0.25, 0.3) is 20.7 Å². The van der Waals surface area contributed by atoms with Crippen LogP contribution < -0.4 is 20.5 Å². The number of carbonyl (C=O) groups excluding carboxylic acids is 1. The standard InChI is InChI=1S/C24H21BrN4O4S/c1-3-33-22-18(25)9-15(10-19(22)32-2)12-27-28-21(30)13-29-14-26-23-17(24(29)31)11-20(34-23)16-7-5-4-6-8-16/h4-12,14H,3,13H2,1-2H3,(H,28,30)/b27-12-. The molecular weight excluding hydrogens is 520 g/mol. The normalized spacial score (nSPS) is 11.1. The van der Waals surface area contributed by atoms with Gasteiger partial charge in [0.05, 0.1) is 36.1 Å². The Bertz CT molecular complexity index is 1420. The molecule has 4 aromatic rings. The third-order valence-electron chi connectivity index (χ3n) is 4.83. The fraction of sp³-hybridized carbons (Fsp3) is 0.167. The molecule has 34 heavy (non-hydrogen) atoms. The number of carbonyl (C=O) groups is 1. The molecule has 0 saturated heterocycles. The highest BCUT2D eigenvalue weighted by Gasteiger charge is 2.13. The summed E-state index contributed by atoms with van der Waals surface area (Å²) < 4.78 is 12.9. The van der Waals surface area contributed by atoms with Gasteiger partial charge in [0.15, 0.2) is 11.5 Å². The zero-order valence-electron chi connectivity index (χ0n) is 18.4. The lowest BCUT2D eigenvalue weighted by molar-refractivity contribution is -0.121. The number of fused-ring (bicyclic) bond motifs is 1. The summed E-state index contributed by atoms with van der Waals surface area (Å²) in [6.07, 6.45) is 2.86. The van der Waals surface area contributed by atoms with Gasteiger partial charge in [-0.25, -0.2) is 10.4 Å². The molecular formula is C24H21BrN4O4S. The van der Waals surface area contributed by atoms with Gasteiger partial charge in [-0.15, -0.1) is 11.3 Å². The van der Waals surface area contributed by atoms with E-state index in [1.54, 1.807) is 19.2 Å². The van der Waals surface area contributed by atoms with Crippen LogP contribution in [0.15, 0.2) is 69.2 Å². The van der Waals surface area contributed by atoms with Gasteiger partial charge in [-0.1, -0.05) is 30.3 Å². The van der Waals surface area contributed by atoms with E-state index in [2.05, 4.69) is 31.4 Å². The van der Waals surface area contributed by atoms with Crippen molar-refractivity contribution in [3.63, 3.8) is 0 Å². The third-order valence-corrected chi connectivity index (χ3v) is 6.51. The Morgan fingerprint density at radius 3 is 2.79 bits per heavy atom. The molecule has 0 atom stereocenters. The van der Waals surface area contributed by atoms with Crippen LogP contribution in [0.3, 0.4) is 0 Å². The van der Waals surface area contributed by atoms with Crippen LogP contribution in [-0.4, -0.2) is 35.4 Å². The zero-order valence-corrected chi connectivity index (χ0v) is 20.9. The zero-order chi connectivity index (χ0) is 24.1. The average Bonchev–Trinajstić information content (AvgIpc) is 3.28. The molecule has 8 nitrogen and oxygen atoms in total. The van der Waals surface area contributed by atoms with Crippen LogP contribution in [0.4, 0.5) is 0 Å². The summed E-state index contributed by atoms with van der Waals surface area (Å²) in [5.74, 6) is 0.688. The van der Waals surface area contributed by atoms with E-state index in [4.69, 9.17) is 9.47 Å². The largest absolute Gasteiger partial charge is 0.493 e. The van der Waals surface area contributed by atoms with Gasteiger partial charge in [0, 0.05) is 4.88 Å². The highest BCUT2D eigenvalue weighted by molar-refractivity contribution is 9.10. The Balaban J connectivity index is 1.46. The predicted octanol–water partition coefficient (Wildman–Crippen LogP) is 4.45. The van der Waals surface area contributed by atoms with Crippen molar-refractivity contribution < 1.29 is 14.3 Å². The molecule has 0 bridgehead atoms. The van der Waals surface area contributed by atoms with Gasteiger partial charge in [0.1, 0.15) is 11.4 Å². The second kappa shape index (κ2) is 10.6. The molecule has 10 heteroatoms. The first-order chi connectivity index (χ1) is 16.5. The lowest BCUT2D eigenvalue weighted by atomic mass is 10.2. The Morgan fingerprint density at radius 2 is 2.06 bits per heavy atom. The van der Waals surface area contributed by atoms with E-state index in [1.165, 1.54) is 28.4 Å². The quantitative estimate of drug-likeness (QED) is 0.263. The number of methoxy groups -OCH3 is 1. The summed E-state index contributed by atoms with van der Waals surface area (Å²) in [6, 6.07) is 15.1. The number of thiophene rings is 1. The molecule has 1 amide bonds. The highest BCUT2D eigenvalue weighted by atomic mass is 79.9. The SMILES string of the molecule is CCOc1c(Br)cc(/C=N\NC(=O)Cn2cnc3sc(-c4ccccc4)cc3c2=O)cc1OC. The maximum Gasteiger partial charge on any atom is 0.262 e. The van der Waals surface area contributed by atoms with E-state index >= 15 is 0 Å². The number of benzene rings is 2. The predicted molar refractivity (Wildman–Crippen MR) is 137 cm³/mol. The number of halogens is 1. The minimum atomic E-state index is -0.449. The van der Waals surface area contributed by atoms with Crippen LogP contribution in [0.2, 0.25) is 0 Å². The van der Waals surface area contributed by atoms with Crippen LogP contribution in [0.5, 0.6) is 11.5 Å². The smallest absolute Gasteiger partial charge is 0.262 e. The first kappa shape index (κ1) is 23.7. The molecule has 0 aliphatic carbocycles.